The summed E-state index contributed by atoms with van der Waals surface area (Å²) in [7, 11) is 0. The van der Waals surface area contributed by atoms with E-state index >= 15 is 0 Å². The Morgan fingerprint density at radius 2 is 1.85 bits per heavy atom. The van der Waals surface area contributed by atoms with Gasteiger partial charge >= 0.3 is 0 Å². The highest BCUT2D eigenvalue weighted by molar-refractivity contribution is 5.92. The van der Waals surface area contributed by atoms with Gasteiger partial charge in [0.15, 0.2) is 5.69 Å². The molecule has 0 saturated carbocycles. The number of amides is 1. The minimum Gasteiger partial charge on any atom is -0.363 e. The molecule has 0 bridgehead atoms. The van der Waals surface area contributed by atoms with Gasteiger partial charge in [-0.1, -0.05) is 18.2 Å². The summed E-state index contributed by atoms with van der Waals surface area (Å²) in [5.74, 6) is -0.000734. The normalized spacial score (nSPS) is 10.3. The molecular weight excluding hydrogens is 333 g/mol. The highest BCUT2D eigenvalue weighted by atomic mass is 19.1. The molecule has 6 nitrogen and oxygen atoms in total. The molecule has 0 aliphatic rings. The van der Waals surface area contributed by atoms with Crippen LogP contribution in [0.25, 0.3) is 0 Å². The van der Waals surface area contributed by atoms with Crippen LogP contribution in [0.1, 0.15) is 21.7 Å². The standard InChI is InChI=1S/C19H18FN5O/c20-15-6-4-14(5-7-15)10-12-22-19(26)17-8-9-18(25-24-17)23-13-16-3-1-2-11-21-16/h1-9,11H,10,12-13H2,(H,22,26)(H,23,25). The second-order valence-electron chi connectivity index (χ2n) is 5.61. The summed E-state index contributed by atoms with van der Waals surface area (Å²) in [5.41, 5.74) is 2.08. The summed E-state index contributed by atoms with van der Waals surface area (Å²) in [4.78, 5) is 16.3. The van der Waals surface area contributed by atoms with Crippen molar-refractivity contribution in [1.29, 1.82) is 0 Å². The molecule has 132 valence electrons. The monoisotopic (exact) mass is 351 g/mol. The maximum Gasteiger partial charge on any atom is 0.271 e. The zero-order chi connectivity index (χ0) is 18.2. The van der Waals surface area contributed by atoms with Gasteiger partial charge in [0.05, 0.1) is 12.2 Å². The molecule has 0 saturated heterocycles. The smallest absolute Gasteiger partial charge is 0.271 e. The van der Waals surface area contributed by atoms with Gasteiger partial charge in [0.1, 0.15) is 11.6 Å². The largest absolute Gasteiger partial charge is 0.363 e. The van der Waals surface area contributed by atoms with Crippen LogP contribution < -0.4 is 10.6 Å². The number of hydrogen-bond donors (Lipinski definition) is 2. The van der Waals surface area contributed by atoms with Gasteiger partial charge in [-0.2, -0.15) is 0 Å². The first kappa shape index (κ1) is 17.5. The summed E-state index contributed by atoms with van der Waals surface area (Å²) in [6.45, 7) is 0.963. The van der Waals surface area contributed by atoms with Crippen molar-refractivity contribution in [2.75, 3.05) is 11.9 Å². The van der Waals surface area contributed by atoms with E-state index in [-0.39, 0.29) is 17.4 Å². The van der Waals surface area contributed by atoms with Crippen molar-refractivity contribution >= 4 is 11.7 Å². The van der Waals surface area contributed by atoms with Gasteiger partial charge in [0.2, 0.25) is 0 Å². The Bertz CT molecular complexity index is 838. The minimum absolute atomic E-state index is 0.243. The number of carbonyl (C=O) groups excluding carboxylic acids is 1. The van der Waals surface area contributed by atoms with E-state index in [0.717, 1.165) is 11.3 Å². The molecule has 2 aromatic heterocycles. The van der Waals surface area contributed by atoms with E-state index in [4.69, 9.17) is 0 Å². The average Bonchev–Trinajstić information content (AvgIpc) is 2.69. The van der Waals surface area contributed by atoms with E-state index in [9.17, 15) is 9.18 Å². The number of anilines is 1. The first-order chi connectivity index (χ1) is 12.7. The van der Waals surface area contributed by atoms with Crippen molar-refractivity contribution in [2.24, 2.45) is 0 Å². The van der Waals surface area contributed by atoms with Gasteiger partial charge in [-0.25, -0.2) is 4.39 Å². The van der Waals surface area contributed by atoms with E-state index in [1.54, 1.807) is 30.5 Å². The molecule has 0 unspecified atom stereocenters. The summed E-state index contributed by atoms with van der Waals surface area (Å²) < 4.78 is 12.8. The van der Waals surface area contributed by atoms with Gasteiger partial charge in [0, 0.05) is 12.7 Å². The molecule has 26 heavy (non-hydrogen) atoms. The van der Waals surface area contributed by atoms with Crippen molar-refractivity contribution in [1.82, 2.24) is 20.5 Å². The zero-order valence-electron chi connectivity index (χ0n) is 14.0. The molecule has 1 aromatic carbocycles. The van der Waals surface area contributed by atoms with E-state index in [1.165, 1.54) is 12.1 Å². The maximum atomic E-state index is 12.8. The molecule has 0 spiro atoms. The number of hydrogen-bond acceptors (Lipinski definition) is 5. The van der Waals surface area contributed by atoms with Crippen LogP contribution in [0.3, 0.4) is 0 Å². The molecule has 2 N–H and O–H groups in total. The number of benzene rings is 1. The number of aromatic nitrogens is 3. The summed E-state index contributed by atoms with van der Waals surface area (Å²) >= 11 is 0. The van der Waals surface area contributed by atoms with Crippen molar-refractivity contribution in [3.05, 3.63) is 83.6 Å². The van der Waals surface area contributed by atoms with Gasteiger partial charge in [-0.05, 0) is 48.4 Å². The Morgan fingerprint density at radius 1 is 1.00 bits per heavy atom. The molecule has 0 aliphatic heterocycles. The molecule has 7 heteroatoms. The number of rotatable bonds is 7. The predicted molar refractivity (Wildman–Crippen MR) is 96.0 cm³/mol. The van der Waals surface area contributed by atoms with Crippen LogP contribution in [0.15, 0.2) is 60.8 Å². The Hall–Kier alpha value is -3.35. The first-order valence-electron chi connectivity index (χ1n) is 8.21. The quantitative estimate of drug-likeness (QED) is 0.684. The van der Waals surface area contributed by atoms with Gasteiger partial charge in [0.25, 0.3) is 5.91 Å². The molecule has 3 rings (SSSR count). The molecule has 0 fully saturated rings. The lowest BCUT2D eigenvalue weighted by Gasteiger charge is -2.06. The highest BCUT2D eigenvalue weighted by Crippen LogP contribution is 2.05. The van der Waals surface area contributed by atoms with Crippen LogP contribution in [0.2, 0.25) is 0 Å². The Balaban J connectivity index is 1.46. The van der Waals surface area contributed by atoms with Gasteiger partial charge < -0.3 is 10.6 Å². The molecule has 3 aromatic rings. The Labute approximate surface area is 150 Å². The number of nitrogens with zero attached hydrogens (tertiary/aromatic N) is 3. The van der Waals surface area contributed by atoms with E-state index in [0.29, 0.717) is 25.3 Å². The first-order valence-corrected chi connectivity index (χ1v) is 8.21. The molecule has 0 radical (unpaired) electrons. The van der Waals surface area contributed by atoms with Crippen LogP contribution in [-0.4, -0.2) is 27.6 Å². The van der Waals surface area contributed by atoms with Crippen LogP contribution in [0.4, 0.5) is 10.2 Å². The van der Waals surface area contributed by atoms with Crippen LogP contribution in [0.5, 0.6) is 0 Å². The van der Waals surface area contributed by atoms with Crippen molar-refractivity contribution in [3.8, 4) is 0 Å². The molecule has 0 atom stereocenters. The fourth-order valence-corrected chi connectivity index (χ4v) is 2.29. The van der Waals surface area contributed by atoms with E-state index in [1.807, 2.05) is 18.2 Å². The SMILES string of the molecule is O=C(NCCc1ccc(F)cc1)c1ccc(NCc2ccccn2)nn1. The lowest BCUT2D eigenvalue weighted by molar-refractivity contribution is 0.0948. The zero-order valence-corrected chi connectivity index (χ0v) is 14.0. The third-order valence-electron chi connectivity index (χ3n) is 3.69. The van der Waals surface area contributed by atoms with Crippen molar-refractivity contribution in [2.45, 2.75) is 13.0 Å². The van der Waals surface area contributed by atoms with Crippen molar-refractivity contribution < 1.29 is 9.18 Å². The molecule has 2 heterocycles. The molecular formula is C19H18FN5O. The lowest BCUT2D eigenvalue weighted by Crippen LogP contribution is -2.26. The maximum absolute atomic E-state index is 12.8. The summed E-state index contributed by atoms with van der Waals surface area (Å²) in [5, 5.41) is 13.8. The minimum atomic E-state index is -0.295. The number of halogens is 1. The molecule has 0 aliphatic carbocycles. The van der Waals surface area contributed by atoms with Gasteiger partial charge in [-0.15, -0.1) is 10.2 Å². The van der Waals surface area contributed by atoms with Gasteiger partial charge in [-0.3, -0.25) is 9.78 Å². The number of nitrogens with one attached hydrogen (secondary N) is 2. The lowest BCUT2D eigenvalue weighted by atomic mass is 10.1. The number of pyridine rings is 1. The van der Waals surface area contributed by atoms with E-state index in [2.05, 4.69) is 25.8 Å². The number of carbonyl (C=O) groups is 1. The average molecular weight is 351 g/mol. The Kier molecular flexibility index (Phi) is 5.82. The third-order valence-corrected chi connectivity index (χ3v) is 3.69. The third kappa shape index (κ3) is 5.07. The second kappa shape index (κ2) is 8.66. The van der Waals surface area contributed by atoms with E-state index < -0.39 is 0 Å². The summed E-state index contributed by atoms with van der Waals surface area (Å²) in [6, 6.07) is 15.2. The van der Waals surface area contributed by atoms with Crippen LogP contribution in [-0.2, 0) is 13.0 Å². The van der Waals surface area contributed by atoms with Crippen LogP contribution >= 0.6 is 0 Å². The topological polar surface area (TPSA) is 79.8 Å². The van der Waals surface area contributed by atoms with Crippen LogP contribution in [0, 0.1) is 5.82 Å². The summed E-state index contributed by atoms with van der Waals surface area (Å²) in [6.07, 6.45) is 2.34. The Morgan fingerprint density at radius 3 is 2.54 bits per heavy atom. The second-order valence-corrected chi connectivity index (χ2v) is 5.61. The fourth-order valence-electron chi connectivity index (χ4n) is 2.29. The predicted octanol–water partition coefficient (Wildman–Crippen LogP) is 2.60. The fraction of sp³-hybridized carbons (Fsp3) is 0.158. The molecule has 1 amide bonds. The van der Waals surface area contributed by atoms with Crippen molar-refractivity contribution in [3.63, 3.8) is 0 Å². The highest BCUT2D eigenvalue weighted by Gasteiger charge is 2.08.